The SMILES string of the molecule is CC/C=C(\NC(C(CCC)CCCCC)C(C)(C)C)c1cc(F)c(Cl)cc1CCC. The molecule has 0 aromatic heterocycles. The Balaban J connectivity index is 3.35. The Morgan fingerprint density at radius 2 is 1.73 bits per heavy atom. The van der Waals surface area contributed by atoms with E-state index in [1.165, 1.54) is 38.5 Å². The van der Waals surface area contributed by atoms with Crippen LogP contribution in [-0.4, -0.2) is 6.04 Å². The van der Waals surface area contributed by atoms with Crippen LogP contribution in [0.2, 0.25) is 5.02 Å². The van der Waals surface area contributed by atoms with Gasteiger partial charge in [0.05, 0.1) is 5.02 Å². The van der Waals surface area contributed by atoms with Crippen molar-refractivity contribution in [3.63, 3.8) is 0 Å². The zero-order valence-corrected chi connectivity index (χ0v) is 21.3. The molecule has 0 spiro atoms. The fourth-order valence-corrected chi connectivity index (χ4v) is 4.67. The highest BCUT2D eigenvalue weighted by Crippen LogP contribution is 2.34. The summed E-state index contributed by atoms with van der Waals surface area (Å²) in [4.78, 5) is 0. The van der Waals surface area contributed by atoms with Crippen molar-refractivity contribution in [1.29, 1.82) is 0 Å². The van der Waals surface area contributed by atoms with E-state index in [2.05, 4.69) is 59.9 Å². The van der Waals surface area contributed by atoms with Gasteiger partial charge in [0.15, 0.2) is 0 Å². The second-order valence-corrected chi connectivity index (χ2v) is 10.1. The lowest BCUT2D eigenvalue weighted by molar-refractivity contribution is 0.190. The van der Waals surface area contributed by atoms with Gasteiger partial charge < -0.3 is 5.32 Å². The van der Waals surface area contributed by atoms with E-state index >= 15 is 0 Å². The van der Waals surface area contributed by atoms with Gasteiger partial charge in [-0.15, -0.1) is 0 Å². The third kappa shape index (κ3) is 8.25. The third-order valence-corrected chi connectivity index (χ3v) is 6.21. The van der Waals surface area contributed by atoms with Crippen molar-refractivity contribution < 1.29 is 4.39 Å². The highest BCUT2D eigenvalue weighted by molar-refractivity contribution is 6.30. The molecule has 0 aliphatic carbocycles. The van der Waals surface area contributed by atoms with Crippen molar-refractivity contribution >= 4 is 17.3 Å². The first-order valence-corrected chi connectivity index (χ1v) is 12.5. The Hall–Kier alpha value is -1.02. The molecule has 1 aromatic carbocycles. The van der Waals surface area contributed by atoms with Crippen molar-refractivity contribution in [3.05, 3.63) is 40.2 Å². The molecule has 0 radical (unpaired) electrons. The molecule has 0 bridgehead atoms. The van der Waals surface area contributed by atoms with Crippen LogP contribution in [0.1, 0.15) is 111 Å². The van der Waals surface area contributed by atoms with Gasteiger partial charge in [-0.25, -0.2) is 4.39 Å². The largest absolute Gasteiger partial charge is 0.381 e. The number of unbranched alkanes of at least 4 members (excludes halogenated alkanes) is 2. The molecule has 3 heteroatoms. The van der Waals surface area contributed by atoms with Crippen molar-refractivity contribution in [2.45, 2.75) is 112 Å². The average Bonchev–Trinajstić information content (AvgIpc) is 2.67. The van der Waals surface area contributed by atoms with E-state index in [1.807, 2.05) is 6.07 Å². The summed E-state index contributed by atoms with van der Waals surface area (Å²) >= 11 is 6.13. The van der Waals surface area contributed by atoms with Crippen LogP contribution in [0.5, 0.6) is 0 Å². The Morgan fingerprint density at radius 1 is 1.03 bits per heavy atom. The number of halogens is 2. The van der Waals surface area contributed by atoms with Crippen LogP contribution in [0.25, 0.3) is 5.70 Å². The average molecular weight is 438 g/mol. The number of hydrogen-bond acceptors (Lipinski definition) is 1. The molecule has 2 unspecified atom stereocenters. The highest BCUT2D eigenvalue weighted by atomic mass is 35.5. The molecule has 0 aliphatic rings. The van der Waals surface area contributed by atoms with Crippen LogP contribution >= 0.6 is 11.6 Å². The minimum Gasteiger partial charge on any atom is -0.381 e. The number of rotatable bonds is 13. The molecule has 1 N–H and O–H groups in total. The molecule has 0 saturated carbocycles. The smallest absolute Gasteiger partial charge is 0.142 e. The molecular formula is C27H45ClFN. The van der Waals surface area contributed by atoms with E-state index < -0.39 is 0 Å². The molecule has 1 nitrogen and oxygen atoms in total. The lowest BCUT2D eigenvalue weighted by Gasteiger charge is -2.40. The van der Waals surface area contributed by atoms with Crippen LogP contribution in [0.15, 0.2) is 18.2 Å². The Morgan fingerprint density at radius 3 is 2.27 bits per heavy atom. The maximum absolute atomic E-state index is 14.5. The molecule has 30 heavy (non-hydrogen) atoms. The Labute approximate surface area is 190 Å². The topological polar surface area (TPSA) is 12.0 Å². The van der Waals surface area contributed by atoms with E-state index in [4.69, 9.17) is 11.6 Å². The highest BCUT2D eigenvalue weighted by Gasteiger charge is 2.32. The van der Waals surface area contributed by atoms with Gasteiger partial charge in [-0.3, -0.25) is 0 Å². The minimum absolute atomic E-state index is 0.106. The zero-order chi connectivity index (χ0) is 22.7. The lowest BCUT2D eigenvalue weighted by Crippen LogP contribution is -2.45. The molecule has 2 atom stereocenters. The van der Waals surface area contributed by atoms with Gasteiger partial charge in [0, 0.05) is 17.3 Å². The van der Waals surface area contributed by atoms with E-state index in [0.717, 1.165) is 36.1 Å². The quantitative estimate of drug-likeness (QED) is 0.303. The summed E-state index contributed by atoms with van der Waals surface area (Å²) in [5.41, 5.74) is 3.27. The zero-order valence-electron chi connectivity index (χ0n) is 20.5. The van der Waals surface area contributed by atoms with E-state index in [0.29, 0.717) is 12.0 Å². The van der Waals surface area contributed by atoms with Crippen LogP contribution in [0.3, 0.4) is 0 Å². The van der Waals surface area contributed by atoms with Gasteiger partial charge in [-0.1, -0.05) is 98.2 Å². The first kappa shape index (κ1) is 27.0. The second kappa shape index (κ2) is 13.4. The van der Waals surface area contributed by atoms with Crippen LogP contribution in [-0.2, 0) is 6.42 Å². The lowest BCUT2D eigenvalue weighted by atomic mass is 9.75. The van der Waals surface area contributed by atoms with E-state index in [9.17, 15) is 4.39 Å². The first-order valence-electron chi connectivity index (χ1n) is 12.1. The molecule has 0 amide bonds. The first-order chi connectivity index (χ1) is 14.2. The molecule has 172 valence electrons. The van der Waals surface area contributed by atoms with Crippen molar-refractivity contribution in [2.75, 3.05) is 0 Å². The van der Waals surface area contributed by atoms with Crippen LogP contribution in [0, 0.1) is 17.2 Å². The summed E-state index contributed by atoms with van der Waals surface area (Å²) in [6.45, 7) is 15.8. The maximum Gasteiger partial charge on any atom is 0.142 e. The standard InChI is InChI=1S/C27H45ClFN/c1-8-12-13-17-20(14-9-2)26(27(5,6)7)30-25(16-11-4)22-19-24(29)23(28)18-21(22)15-10-3/h16,18-20,26,30H,8-15,17H2,1-7H3/b25-16-. The van der Waals surface area contributed by atoms with Gasteiger partial charge in [-0.05, 0) is 54.7 Å². The fourth-order valence-electron chi connectivity index (χ4n) is 4.48. The van der Waals surface area contributed by atoms with Crippen molar-refractivity contribution in [3.8, 4) is 0 Å². The normalized spacial score (nSPS) is 14.6. The number of nitrogens with one attached hydrogen (secondary N) is 1. The third-order valence-electron chi connectivity index (χ3n) is 5.92. The number of benzene rings is 1. The number of allylic oxidation sites excluding steroid dienone is 1. The molecule has 0 saturated heterocycles. The summed E-state index contributed by atoms with van der Waals surface area (Å²) in [7, 11) is 0. The summed E-state index contributed by atoms with van der Waals surface area (Å²) in [6.07, 6.45) is 12.5. The summed E-state index contributed by atoms with van der Waals surface area (Å²) < 4.78 is 14.5. The van der Waals surface area contributed by atoms with Gasteiger partial charge in [0.1, 0.15) is 5.82 Å². The van der Waals surface area contributed by atoms with Gasteiger partial charge in [-0.2, -0.15) is 0 Å². The maximum atomic E-state index is 14.5. The predicted molar refractivity (Wildman–Crippen MR) is 133 cm³/mol. The monoisotopic (exact) mass is 437 g/mol. The summed E-state index contributed by atoms with van der Waals surface area (Å²) in [6, 6.07) is 3.78. The van der Waals surface area contributed by atoms with E-state index in [1.54, 1.807) is 6.07 Å². The van der Waals surface area contributed by atoms with E-state index in [-0.39, 0.29) is 16.3 Å². The fraction of sp³-hybridized carbons (Fsp3) is 0.704. The molecule has 0 aliphatic heterocycles. The molecule has 0 heterocycles. The number of hydrogen-bond donors (Lipinski definition) is 1. The van der Waals surface area contributed by atoms with Gasteiger partial charge in [0.2, 0.25) is 0 Å². The Bertz CT molecular complexity index is 660. The second-order valence-electron chi connectivity index (χ2n) is 9.73. The van der Waals surface area contributed by atoms with Crippen molar-refractivity contribution in [2.24, 2.45) is 11.3 Å². The van der Waals surface area contributed by atoms with Crippen LogP contribution in [0.4, 0.5) is 4.39 Å². The minimum atomic E-state index is -0.337. The molecule has 1 rings (SSSR count). The molecular weight excluding hydrogens is 393 g/mol. The summed E-state index contributed by atoms with van der Waals surface area (Å²) in [5.74, 6) is 0.268. The Kier molecular flexibility index (Phi) is 12.1. The number of aryl methyl sites for hydroxylation is 1. The van der Waals surface area contributed by atoms with Gasteiger partial charge >= 0.3 is 0 Å². The summed E-state index contributed by atoms with van der Waals surface area (Å²) in [5, 5.41) is 4.14. The molecule has 0 fully saturated rings. The van der Waals surface area contributed by atoms with Crippen LogP contribution < -0.4 is 5.32 Å². The van der Waals surface area contributed by atoms with Gasteiger partial charge in [0.25, 0.3) is 0 Å². The predicted octanol–water partition coefficient (Wildman–Crippen LogP) is 9.18. The van der Waals surface area contributed by atoms with Crippen molar-refractivity contribution in [1.82, 2.24) is 5.32 Å². The molecule has 1 aromatic rings.